The minimum absolute atomic E-state index is 0.218. The summed E-state index contributed by atoms with van der Waals surface area (Å²) in [6.07, 6.45) is 4.54. The van der Waals surface area contributed by atoms with Crippen molar-refractivity contribution in [2.24, 2.45) is 5.50 Å². The number of halogens is 1. The molecule has 0 amide bonds. The molecule has 1 saturated carbocycles. The Kier molecular flexibility index (Phi) is 3.05. The molecule has 0 aromatic carbocycles. The van der Waals surface area contributed by atoms with Gasteiger partial charge in [0.1, 0.15) is 0 Å². The lowest BCUT2D eigenvalue weighted by Crippen LogP contribution is -2.16. The maximum absolute atomic E-state index is 12.3. The van der Waals surface area contributed by atoms with Gasteiger partial charge in [-0.15, -0.1) is 4.20 Å². The van der Waals surface area contributed by atoms with Crippen molar-refractivity contribution < 1.29 is 13.3 Å². The number of rotatable bonds is 2. The Balaban J connectivity index is 2.30. The van der Waals surface area contributed by atoms with Crippen LogP contribution in [-0.2, 0) is 9.09 Å². The summed E-state index contributed by atoms with van der Waals surface area (Å²) in [6, 6.07) is 0. The number of nitrogens with two attached hydrogens (primary N) is 1. The Hall–Kier alpha value is 0.0800. The van der Waals surface area contributed by atoms with Crippen molar-refractivity contribution in [1.82, 2.24) is 0 Å². The summed E-state index contributed by atoms with van der Waals surface area (Å²) in [7, 11) is -4.23. The largest absolute Gasteiger partial charge is 0.440 e. The summed E-state index contributed by atoms with van der Waals surface area (Å²) < 4.78 is 27.2. The lowest BCUT2D eigenvalue weighted by Gasteiger charge is -2.21. The highest BCUT2D eigenvalue weighted by Gasteiger charge is 2.23. The zero-order valence-electron chi connectivity index (χ0n) is 6.33. The monoisotopic (exact) mass is 181 g/mol. The fourth-order valence-corrected chi connectivity index (χ4v) is 1.99. The highest BCUT2D eigenvalue weighted by Crippen LogP contribution is 2.43. The van der Waals surface area contributed by atoms with Gasteiger partial charge >= 0.3 is 7.83 Å². The predicted octanol–water partition coefficient (Wildman–Crippen LogP) is 2.37. The second kappa shape index (κ2) is 3.65. The standard InChI is InChI=1S/C6H13FNO2P/c7-11(8,9)10-6-4-2-1-3-5-6/h6H,1-5H2,(H2,8,9). The maximum Gasteiger partial charge on any atom is 0.440 e. The second-order valence-corrected chi connectivity index (χ2v) is 4.14. The van der Waals surface area contributed by atoms with Gasteiger partial charge in [-0.2, -0.15) is 0 Å². The van der Waals surface area contributed by atoms with Gasteiger partial charge in [-0.1, -0.05) is 19.3 Å². The Morgan fingerprint density at radius 1 is 1.36 bits per heavy atom. The minimum atomic E-state index is -4.23. The lowest BCUT2D eigenvalue weighted by molar-refractivity contribution is 0.146. The van der Waals surface area contributed by atoms with E-state index in [2.05, 4.69) is 10.0 Å². The zero-order chi connectivity index (χ0) is 8.32. The van der Waals surface area contributed by atoms with Crippen LogP contribution in [0, 0.1) is 0 Å². The van der Waals surface area contributed by atoms with Crippen LogP contribution in [0.3, 0.4) is 0 Å². The Morgan fingerprint density at radius 2 is 1.91 bits per heavy atom. The molecular weight excluding hydrogens is 168 g/mol. The number of hydrogen-bond acceptors (Lipinski definition) is 2. The number of hydrogen-bond donors (Lipinski definition) is 1. The molecule has 0 saturated heterocycles. The van der Waals surface area contributed by atoms with Crippen molar-refractivity contribution in [3.8, 4) is 0 Å². The second-order valence-electron chi connectivity index (χ2n) is 2.89. The van der Waals surface area contributed by atoms with Gasteiger partial charge in [0, 0.05) is 0 Å². The summed E-state index contributed by atoms with van der Waals surface area (Å²) in [5.41, 5.74) is 4.63. The van der Waals surface area contributed by atoms with Crippen LogP contribution in [0.2, 0.25) is 0 Å². The smallest absolute Gasteiger partial charge is 0.290 e. The van der Waals surface area contributed by atoms with E-state index in [9.17, 15) is 8.76 Å². The van der Waals surface area contributed by atoms with Crippen LogP contribution in [0.25, 0.3) is 0 Å². The van der Waals surface area contributed by atoms with Gasteiger partial charge in [0.2, 0.25) is 0 Å². The van der Waals surface area contributed by atoms with E-state index in [1.807, 2.05) is 0 Å². The Morgan fingerprint density at radius 3 is 2.36 bits per heavy atom. The molecule has 1 fully saturated rings. The first kappa shape index (κ1) is 9.17. The van der Waals surface area contributed by atoms with Crippen molar-refractivity contribution in [3.63, 3.8) is 0 Å². The molecule has 1 atom stereocenters. The van der Waals surface area contributed by atoms with Gasteiger partial charge in [0.05, 0.1) is 6.10 Å². The average molecular weight is 181 g/mol. The summed E-state index contributed by atoms with van der Waals surface area (Å²) in [4.78, 5) is 0. The molecule has 3 nitrogen and oxygen atoms in total. The van der Waals surface area contributed by atoms with Crippen molar-refractivity contribution in [2.75, 3.05) is 0 Å². The van der Waals surface area contributed by atoms with Crippen molar-refractivity contribution in [1.29, 1.82) is 0 Å². The fraction of sp³-hybridized carbons (Fsp3) is 1.00. The third-order valence-electron chi connectivity index (χ3n) is 1.85. The molecule has 66 valence electrons. The van der Waals surface area contributed by atoms with E-state index in [0.29, 0.717) is 0 Å². The fourth-order valence-electron chi connectivity index (χ4n) is 1.37. The first-order valence-electron chi connectivity index (χ1n) is 3.84. The molecule has 1 aliphatic rings. The molecule has 11 heavy (non-hydrogen) atoms. The van der Waals surface area contributed by atoms with Gasteiger partial charge in [0.15, 0.2) is 0 Å². The van der Waals surface area contributed by atoms with Crippen molar-refractivity contribution in [3.05, 3.63) is 0 Å². The van der Waals surface area contributed by atoms with Crippen LogP contribution in [-0.4, -0.2) is 6.10 Å². The molecule has 0 spiro atoms. The molecule has 1 unspecified atom stereocenters. The van der Waals surface area contributed by atoms with E-state index in [1.165, 1.54) is 0 Å². The van der Waals surface area contributed by atoms with Crippen LogP contribution < -0.4 is 5.50 Å². The molecular formula is C6H13FNO2P. The Bertz CT molecular complexity index is 164. The molecule has 1 aliphatic carbocycles. The van der Waals surface area contributed by atoms with Crippen LogP contribution in [0.4, 0.5) is 4.20 Å². The van der Waals surface area contributed by atoms with E-state index in [0.717, 1.165) is 32.1 Å². The molecule has 1 rings (SSSR count). The van der Waals surface area contributed by atoms with Gasteiger partial charge in [0.25, 0.3) is 0 Å². The molecule has 0 radical (unpaired) electrons. The third-order valence-corrected chi connectivity index (χ3v) is 2.43. The molecule has 0 aromatic rings. The Labute approximate surface area is 65.7 Å². The maximum atomic E-state index is 12.3. The molecule has 0 aromatic heterocycles. The summed E-state index contributed by atoms with van der Waals surface area (Å²) >= 11 is 0. The normalized spacial score (nSPS) is 26.4. The third kappa shape index (κ3) is 3.85. The molecule has 5 heteroatoms. The van der Waals surface area contributed by atoms with Gasteiger partial charge in [-0.25, -0.2) is 10.1 Å². The van der Waals surface area contributed by atoms with Gasteiger partial charge in [-0.3, -0.25) is 4.52 Å². The van der Waals surface area contributed by atoms with Crippen LogP contribution in [0.15, 0.2) is 0 Å². The quantitative estimate of drug-likeness (QED) is 0.665. The first-order valence-corrected chi connectivity index (χ1v) is 5.43. The molecule has 2 N–H and O–H groups in total. The van der Waals surface area contributed by atoms with Crippen LogP contribution in [0.5, 0.6) is 0 Å². The topological polar surface area (TPSA) is 52.3 Å². The van der Waals surface area contributed by atoms with Crippen LogP contribution in [0.1, 0.15) is 32.1 Å². The molecule has 0 bridgehead atoms. The minimum Gasteiger partial charge on any atom is -0.290 e. The highest BCUT2D eigenvalue weighted by atomic mass is 31.2. The highest BCUT2D eigenvalue weighted by molar-refractivity contribution is 7.50. The van der Waals surface area contributed by atoms with E-state index in [1.54, 1.807) is 0 Å². The summed E-state index contributed by atoms with van der Waals surface area (Å²) in [5, 5.41) is 0. The lowest BCUT2D eigenvalue weighted by atomic mass is 9.98. The summed E-state index contributed by atoms with van der Waals surface area (Å²) in [6.45, 7) is 0. The average Bonchev–Trinajstić information content (AvgIpc) is 1.85. The van der Waals surface area contributed by atoms with Crippen LogP contribution >= 0.6 is 7.83 Å². The summed E-state index contributed by atoms with van der Waals surface area (Å²) in [5.74, 6) is 0. The SMILES string of the molecule is NP(=O)(F)OC1CCCCC1. The van der Waals surface area contributed by atoms with Gasteiger partial charge < -0.3 is 0 Å². The molecule has 0 heterocycles. The first-order chi connectivity index (χ1) is 5.08. The van der Waals surface area contributed by atoms with E-state index in [4.69, 9.17) is 0 Å². The van der Waals surface area contributed by atoms with Crippen molar-refractivity contribution in [2.45, 2.75) is 38.2 Å². The molecule has 0 aliphatic heterocycles. The van der Waals surface area contributed by atoms with E-state index < -0.39 is 7.83 Å². The van der Waals surface area contributed by atoms with E-state index in [-0.39, 0.29) is 6.10 Å². The van der Waals surface area contributed by atoms with E-state index >= 15 is 0 Å². The van der Waals surface area contributed by atoms with Crippen molar-refractivity contribution >= 4 is 7.83 Å². The zero-order valence-corrected chi connectivity index (χ0v) is 7.23. The predicted molar refractivity (Wildman–Crippen MR) is 40.9 cm³/mol. The van der Waals surface area contributed by atoms with Gasteiger partial charge in [-0.05, 0) is 12.8 Å².